The molecule has 16 heavy (non-hydrogen) atoms. The van der Waals surface area contributed by atoms with Crippen LogP contribution < -0.4 is 0 Å². The van der Waals surface area contributed by atoms with Gasteiger partial charge >= 0.3 is 0 Å². The molecule has 1 aliphatic heterocycles. The summed E-state index contributed by atoms with van der Waals surface area (Å²) in [5.41, 5.74) is 1.07. The van der Waals surface area contributed by atoms with Gasteiger partial charge in [0.05, 0.1) is 13.2 Å². The van der Waals surface area contributed by atoms with E-state index in [1.807, 2.05) is 29.2 Å². The number of carbonyl (C=O) groups is 1. The molecule has 1 aromatic rings. The highest BCUT2D eigenvalue weighted by Gasteiger charge is 2.23. The van der Waals surface area contributed by atoms with E-state index in [0.717, 1.165) is 5.56 Å². The van der Waals surface area contributed by atoms with E-state index in [2.05, 4.69) is 0 Å². The molecule has 0 unspecified atom stereocenters. The van der Waals surface area contributed by atoms with Crippen molar-refractivity contribution in [2.75, 3.05) is 19.7 Å². The van der Waals surface area contributed by atoms with Crippen LogP contribution in [0.4, 0.5) is 0 Å². The molecule has 0 spiro atoms. The molecule has 0 aliphatic carbocycles. The third-order valence-corrected chi connectivity index (χ3v) is 3.01. The van der Waals surface area contributed by atoms with Gasteiger partial charge in [-0.2, -0.15) is 0 Å². The van der Waals surface area contributed by atoms with E-state index in [0.29, 0.717) is 24.7 Å². The summed E-state index contributed by atoms with van der Waals surface area (Å²) in [5, 5.41) is 0.711. The fourth-order valence-corrected chi connectivity index (χ4v) is 1.94. The SMILES string of the molecule is CC(=O)N1CCO[C@@H](c2ccc(Cl)cc2)C1. The molecule has 0 aromatic heterocycles. The van der Waals surface area contributed by atoms with E-state index in [1.54, 1.807) is 6.92 Å². The minimum absolute atomic E-state index is 0.0325. The molecular weight excluding hydrogens is 226 g/mol. The van der Waals surface area contributed by atoms with Crippen molar-refractivity contribution < 1.29 is 9.53 Å². The maximum absolute atomic E-state index is 11.3. The van der Waals surface area contributed by atoms with Gasteiger partial charge in [-0.15, -0.1) is 0 Å². The van der Waals surface area contributed by atoms with Crippen LogP contribution >= 0.6 is 11.6 Å². The number of hydrogen-bond donors (Lipinski definition) is 0. The van der Waals surface area contributed by atoms with Crippen LogP contribution in [0.2, 0.25) is 5.02 Å². The first-order valence-corrected chi connectivity index (χ1v) is 5.67. The Labute approximate surface area is 100.0 Å². The van der Waals surface area contributed by atoms with Gasteiger partial charge in [0, 0.05) is 18.5 Å². The lowest BCUT2D eigenvalue weighted by molar-refractivity contribution is -0.136. The molecule has 0 saturated carbocycles. The number of carbonyl (C=O) groups excluding carboxylic acids is 1. The number of hydrogen-bond acceptors (Lipinski definition) is 2. The van der Waals surface area contributed by atoms with E-state index < -0.39 is 0 Å². The Morgan fingerprint density at radius 2 is 2.12 bits per heavy atom. The van der Waals surface area contributed by atoms with E-state index >= 15 is 0 Å². The Morgan fingerprint density at radius 3 is 2.75 bits per heavy atom. The first-order valence-electron chi connectivity index (χ1n) is 5.29. The highest BCUT2D eigenvalue weighted by molar-refractivity contribution is 6.30. The Morgan fingerprint density at radius 1 is 1.44 bits per heavy atom. The molecule has 3 nitrogen and oxygen atoms in total. The Kier molecular flexibility index (Phi) is 3.46. The monoisotopic (exact) mass is 239 g/mol. The van der Waals surface area contributed by atoms with Gasteiger partial charge in [-0.3, -0.25) is 4.79 Å². The average Bonchev–Trinajstić information content (AvgIpc) is 2.30. The van der Waals surface area contributed by atoms with Gasteiger partial charge in [0.15, 0.2) is 0 Å². The van der Waals surface area contributed by atoms with Crippen LogP contribution in [0.5, 0.6) is 0 Å². The molecule has 4 heteroatoms. The van der Waals surface area contributed by atoms with Crippen molar-refractivity contribution >= 4 is 17.5 Å². The molecule has 1 aliphatic rings. The number of halogens is 1. The second-order valence-corrected chi connectivity index (χ2v) is 4.31. The number of morpholine rings is 1. The summed E-state index contributed by atoms with van der Waals surface area (Å²) in [7, 11) is 0. The fraction of sp³-hybridized carbons (Fsp3) is 0.417. The molecule has 86 valence electrons. The minimum atomic E-state index is -0.0325. The van der Waals surface area contributed by atoms with Crippen LogP contribution in [-0.2, 0) is 9.53 Å². The fourth-order valence-electron chi connectivity index (χ4n) is 1.81. The van der Waals surface area contributed by atoms with Crippen molar-refractivity contribution in [3.05, 3.63) is 34.9 Å². The number of nitrogens with zero attached hydrogens (tertiary/aromatic N) is 1. The first kappa shape index (κ1) is 11.4. The zero-order valence-corrected chi connectivity index (χ0v) is 9.91. The Balaban J connectivity index is 2.09. The van der Waals surface area contributed by atoms with E-state index in [-0.39, 0.29) is 12.0 Å². The largest absolute Gasteiger partial charge is 0.370 e. The van der Waals surface area contributed by atoms with Crippen molar-refractivity contribution in [2.45, 2.75) is 13.0 Å². The minimum Gasteiger partial charge on any atom is -0.370 e. The van der Waals surface area contributed by atoms with Gasteiger partial charge in [-0.25, -0.2) is 0 Å². The second kappa shape index (κ2) is 4.85. The lowest BCUT2D eigenvalue weighted by atomic mass is 10.1. The predicted molar refractivity (Wildman–Crippen MR) is 62.4 cm³/mol. The maximum Gasteiger partial charge on any atom is 0.219 e. The summed E-state index contributed by atoms with van der Waals surface area (Å²) >= 11 is 5.82. The highest BCUT2D eigenvalue weighted by Crippen LogP contribution is 2.23. The summed E-state index contributed by atoms with van der Waals surface area (Å²) in [6, 6.07) is 7.56. The van der Waals surface area contributed by atoms with Gasteiger partial charge in [-0.1, -0.05) is 23.7 Å². The quantitative estimate of drug-likeness (QED) is 0.753. The molecule has 1 aromatic carbocycles. The molecule has 0 radical (unpaired) electrons. The molecular formula is C12H14ClNO2. The van der Waals surface area contributed by atoms with Crippen LogP contribution in [-0.4, -0.2) is 30.5 Å². The van der Waals surface area contributed by atoms with E-state index in [1.165, 1.54) is 0 Å². The summed E-state index contributed by atoms with van der Waals surface area (Å²) in [6.45, 7) is 3.48. The number of amides is 1. The van der Waals surface area contributed by atoms with Crippen molar-refractivity contribution in [1.29, 1.82) is 0 Å². The van der Waals surface area contributed by atoms with Gasteiger partial charge in [0.25, 0.3) is 0 Å². The summed E-state index contributed by atoms with van der Waals surface area (Å²) in [4.78, 5) is 13.1. The molecule has 0 N–H and O–H groups in total. The molecule has 2 rings (SSSR count). The topological polar surface area (TPSA) is 29.5 Å². The smallest absolute Gasteiger partial charge is 0.219 e. The van der Waals surface area contributed by atoms with E-state index in [9.17, 15) is 4.79 Å². The highest BCUT2D eigenvalue weighted by atomic mass is 35.5. The maximum atomic E-state index is 11.3. The zero-order chi connectivity index (χ0) is 11.5. The van der Waals surface area contributed by atoms with Gasteiger partial charge < -0.3 is 9.64 Å². The zero-order valence-electron chi connectivity index (χ0n) is 9.15. The van der Waals surface area contributed by atoms with Gasteiger partial charge in [-0.05, 0) is 17.7 Å². The lowest BCUT2D eigenvalue weighted by Crippen LogP contribution is -2.41. The summed E-state index contributed by atoms with van der Waals surface area (Å²) in [5.74, 6) is 0.0993. The number of ether oxygens (including phenoxy) is 1. The third-order valence-electron chi connectivity index (χ3n) is 2.75. The van der Waals surface area contributed by atoms with Crippen LogP contribution in [0.1, 0.15) is 18.6 Å². The van der Waals surface area contributed by atoms with Crippen LogP contribution in [0.15, 0.2) is 24.3 Å². The van der Waals surface area contributed by atoms with Crippen molar-refractivity contribution in [2.24, 2.45) is 0 Å². The number of benzene rings is 1. The van der Waals surface area contributed by atoms with Crippen LogP contribution in [0, 0.1) is 0 Å². The standard InChI is InChI=1S/C12H14ClNO2/c1-9(15)14-6-7-16-12(8-14)10-2-4-11(13)5-3-10/h2-5,12H,6-8H2,1H3/t12-/m1/s1. The van der Waals surface area contributed by atoms with Crippen molar-refractivity contribution in [3.8, 4) is 0 Å². The Hall–Kier alpha value is -1.06. The van der Waals surface area contributed by atoms with Crippen LogP contribution in [0.3, 0.4) is 0 Å². The first-order chi connectivity index (χ1) is 7.66. The predicted octanol–water partition coefficient (Wildman–Crippen LogP) is 2.26. The molecule has 1 fully saturated rings. The van der Waals surface area contributed by atoms with Crippen molar-refractivity contribution in [3.63, 3.8) is 0 Å². The molecule has 1 saturated heterocycles. The molecule has 1 amide bonds. The second-order valence-electron chi connectivity index (χ2n) is 3.88. The van der Waals surface area contributed by atoms with Crippen LogP contribution in [0.25, 0.3) is 0 Å². The van der Waals surface area contributed by atoms with Gasteiger partial charge in [0.2, 0.25) is 5.91 Å². The lowest BCUT2D eigenvalue weighted by Gasteiger charge is -2.32. The third kappa shape index (κ3) is 2.54. The molecule has 0 bridgehead atoms. The number of rotatable bonds is 1. The van der Waals surface area contributed by atoms with E-state index in [4.69, 9.17) is 16.3 Å². The molecule has 1 atom stereocenters. The Bertz CT molecular complexity index is 377. The van der Waals surface area contributed by atoms with Crippen molar-refractivity contribution in [1.82, 2.24) is 4.90 Å². The van der Waals surface area contributed by atoms with Gasteiger partial charge in [0.1, 0.15) is 6.10 Å². The summed E-state index contributed by atoms with van der Waals surface area (Å²) < 4.78 is 5.65. The summed E-state index contributed by atoms with van der Waals surface area (Å²) in [6.07, 6.45) is -0.0325. The molecule has 1 heterocycles. The average molecular weight is 240 g/mol. The normalized spacial score (nSPS) is 20.9.